The molecule has 26 heavy (non-hydrogen) atoms. The molecular formula is C21H34N4O. The van der Waals surface area contributed by atoms with E-state index in [0.717, 1.165) is 49.8 Å². The minimum atomic E-state index is 0.303. The van der Waals surface area contributed by atoms with Gasteiger partial charge >= 0.3 is 0 Å². The van der Waals surface area contributed by atoms with Crippen molar-refractivity contribution in [3.8, 4) is 0 Å². The molecule has 2 aliphatic rings. The Hall–Kier alpha value is -1.65. The Balaban J connectivity index is 1.65. The molecule has 5 heteroatoms. The van der Waals surface area contributed by atoms with Gasteiger partial charge in [-0.1, -0.05) is 32.6 Å². The molecule has 5 nitrogen and oxygen atoms in total. The fourth-order valence-electron chi connectivity index (χ4n) is 4.14. The largest absolute Gasteiger partial charge is 0.356 e. The molecule has 0 aromatic carbocycles. The number of hydrogen-bond acceptors (Lipinski definition) is 4. The molecule has 3 rings (SSSR count). The zero-order valence-electron chi connectivity index (χ0n) is 16.6. The predicted octanol–water partition coefficient (Wildman–Crippen LogP) is 4.02. The van der Waals surface area contributed by atoms with E-state index >= 15 is 0 Å². The van der Waals surface area contributed by atoms with Crippen molar-refractivity contribution < 1.29 is 4.79 Å². The molecule has 1 amide bonds. The van der Waals surface area contributed by atoms with Crippen LogP contribution < -0.4 is 4.90 Å². The molecular weight excluding hydrogens is 324 g/mol. The second kappa shape index (κ2) is 9.33. The van der Waals surface area contributed by atoms with Crippen molar-refractivity contribution in [3.63, 3.8) is 0 Å². The van der Waals surface area contributed by atoms with Gasteiger partial charge in [-0.25, -0.2) is 9.97 Å². The second-order valence-electron chi connectivity index (χ2n) is 7.80. The molecule has 144 valence electrons. The first-order valence-corrected chi connectivity index (χ1v) is 10.6. The molecule has 0 spiro atoms. The van der Waals surface area contributed by atoms with Crippen molar-refractivity contribution in [2.75, 3.05) is 24.5 Å². The maximum atomic E-state index is 12.7. The van der Waals surface area contributed by atoms with Crippen LogP contribution in [-0.4, -0.2) is 40.4 Å². The van der Waals surface area contributed by atoms with E-state index in [1.54, 1.807) is 0 Å². The topological polar surface area (TPSA) is 49.3 Å². The molecule has 0 aliphatic carbocycles. The van der Waals surface area contributed by atoms with Crippen molar-refractivity contribution in [2.24, 2.45) is 0 Å². The Kier molecular flexibility index (Phi) is 6.86. The van der Waals surface area contributed by atoms with Crippen molar-refractivity contribution in [3.05, 3.63) is 17.1 Å². The monoisotopic (exact) mass is 358 g/mol. The Labute approximate surface area is 158 Å². The van der Waals surface area contributed by atoms with E-state index in [4.69, 9.17) is 4.98 Å². The Bertz CT molecular complexity index is 610. The molecule has 0 atom stereocenters. The number of aromatic nitrogens is 2. The van der Waals surface area contributed by atoms with Crippen LogP contribution in [0.25, 0.3) is 0 Å². The van der Waals surface area contributed by atoms with Crippen LogP contribution in [0.1, 0.15) is 81.8 Å². The number of hydrogen-bond donors (Lipinski definition) is 0. The fourth-order valence-corrected chi connectivity index (χ4v) is 4.14. The van der Waals surface area contributed by atoms with Crippen LogP contribution >= 0.6 is 0 Å². The first-order chi connectivity index (χ1) is 12.7. The van der Waals surface area contributed by atoms with Gasteiger partial charge in [0.25, 0.3) is 0 Å². The summed E-state index contributed by atoms with van der Waals surface area (Å²) in [7, 11) is 0. The zero-order valence-corrected chi connectivity index (χ0v) is 16.6. The summed E-state index contributed by atoms with van der Waals surface area (Å²) >= 11 is 0. The highest BCUT2D eigenvalue weighted by Crippen LogP contribution is 2.29. The van der Waals surface area contributed by atoms with Crippen LogP contribution in [0.4, 0.5) is 5.82 Å². The van der Waals surface area contributed by atoms with Crippen molar-refractivity contribution in [1.82, 2.24) is 14.9 Å². The first-order valence-electron chi connectivity index (χ1n) is 10.6. The van der Waals surface area contributed by atoms with Gasteiger partial charge in [0, 0.05) is 38.0 Å². The van der Waals surface area contributed by atoms with Crippen molar-refractivity contribution in [2.45, 2.75) is 84.6 Å². The third-order valence-electron chi connectivity index (χ3n) is 5.65. The van der Waals surface area contributed by atoms with E-state index < -0.39 is 0 Å². The lowest BCUT2D eigenvalue weighted by atomic mass is 10.0. The number of carbonyl (C=O) groups is 1. The zero-order chi connectivity index (χ0) is 18.4. The molecule has 3 heterocycles. The lowest BCUT2D eigenvalue weighted by Crippen LogP contribution is -2.39. The van der Waals surface area contributed by atoms with E-state index in [0.29, 0.717) is 18.9 Å². The van der Waals surface area contributed by atoms with Gasteiger partial charge in [-0.2, -0.15) is 0 Å². The Morgan fingerprint density at radius 2 is 1.77 bits per heavy atom. The summed E-state index contributed by atoms with van der Waals surface area (Å²) in [5, 5.41) is 0. The normalized spacial score (nSPS) is 17.3. The standard InChI is InChI=1S/C21H34N4O/c1-3-4-5-6-8-11-20(26)25-15-12-19-18(16-25)21(23-17(2)22-19)24-13-9-7-10-14-24/h3-16H2,1-2H3. The summed E-state index contributed by atoms with van der Waals surface area (Å²) in [4.78, 5) is 26.6. The number of nitrogens with zero attached hydrogens (tertiary/aromatic N) is 4. The molecule has 0 N–H and O–H groups in total. The SMILES string of the molecule is CCCCCCCC(=O)N1CCc2nc(C)nc(N3CCCCC3)c2C1. The third-order valence-corrected chi connectivity index (χ3v) is 5.65. The summed E-state index contributed by atoms with van der Waals surface area (Å²) in [6.07, 6.45) is 11.3. The van der Waals surface area contributed by atoms with E-state index in [2.05, 4.69) is 16.8 Å². The number of anilines is 1. The van der Waals surface area contributed by atoms with E-state index in [1.807, 2.05) is 11.8 Å². The van der Waals surface area contributed by atoms with Crippen LogP contribution in [-0.2, 0) is 17.8 Å². The third kappa shape index (κ3) is 4.74. The van der Waals surface area contributed by atoms with Gasteiger partial charge in [0.2, 0.25) is 5.91 Å². The maximum absolute atomic E-state index is 12.7. The van der Waals surface area contributed by atoms with E-state index in [-0.39, 0.29) is 0 Å². The Morgan fingerprint density at radius 1 is 1.00 bits per heavy atom. The molecule has 1 aromatic rings. The highest BCUT2D eigenvalue weighted by atomic mass is 16.2. The predicted molar refractivity (Wildman–Crippen MR) is 105 cm³/mol. The number of fused-ring (bicyclic) bond motifs is 1. The van der Waals surface area contributed by atoms with Crippen molar-refractivity contribution >= 4 is 11.7 Å². The van der Waals surface area contributed by atoms with Gasteiger partial charge in [-0.15, -0.1) is 0 Å². The van der Waals surface area contributed by atoms with Crippen LogP contribution in [0.5, 0.6) is 0 Å². The Morgan fingerprint density at radius 3 is 2.54 bits per heavy atom. The summed E-state index contributed by atoms with van der Waals surface area (Å²) < 4.78 is 0. The smallest absolute Gasteiger partial charge is 0.222 e. The molecule has 1 aromatic heterocycles. The van der Waals surface area contributed by atoms with Gasteiger partial charge in [0.15, 0.2) is 0 Å². The highest BCUT2D eigenvalue weighted by Gasteiger charge is 2.27. The molecule has 2 aliphatic heterocycles. The maximum Gasteiger partial charge on any atom is 0.222 e. The molecule has 1 fully saturated rings. The number of unbranched alkanes of at least 4 members (excludes halogenated alkanes) is 4. The summed E-state index contributed by atoms with van der Waals surface area (Å²) in [5.74, 6) is 2.25. The molecule has 0 unspecified atom stereocenters. The minimum absolute atomic E-state index is 0.303. The first kappa shape index (κ1) is 19.1. The highest BCUT2D eigenvalue weighted by molar-refractivity contribution is 5.76. The number of amides is 1. The van der Waals surface area contributed by atoms with Gasteiger partial charge in [0.05, 0.1) is 12.2 Å². The summed E-state index contributed by atoms with van der Waals surface area (Å²) in [6, 6.07) is 0. The summed E-state index contributed by atoms with van der Waals surface area (Å²) in [5.41, 5.74) is 2.35. The fraction of sp³-hybridized carbons (Fsp3) is 0.762. The minimum Gasteiger partial charge on any atom is -0.356 e. The average molecular weight is 359 g/mol. The molecule has 0 bridgehead atoms. The molecule has 0 radical (unpaired) electrons. The molecule has 1 saturated heterocycles. The lowest BCUT2D eigenvalue weighted by Gasteiger charge is -2.34. The van der Waals surface area contributed by atoms with E-state index in [9.17, 15) is 4.79 Å². The van der Waals surface area contributed by atoms with Gasteiger partial charge < -0.3 is 9.80 Å². The summed E-state index contributed by atoms with van der Waals surface area (Å²) in [6.45, 7) is 7.86. The number of piperidine rings is 1. The van der Waals surface area contributed by atoms with Crippen LogP contribution in [0, 0.1) is 6.92 Å². The van der Waals surface area contributed by atoms with Gasteiger partial charge in [-0.3, -0.25) is 4.79 Å². The second-order valence-corrected chi connectivity index (χ2v) is 7.80. The lowest BCUT2D eigenvalue weighted by molar-refractivity contribution is -0.132. The number of carbonyl (C=O) groups excluding carboxylic acids is 1. The van der Waals surface area contributed by atoms with Crippen LogP contribution in [0.3, 0.4) is 0 Å². The van der Waals surface area contributed by atoms with Gasteiger partial charge in [0.1, 0.15) is 11.6 Å². The van der Waals surface area contributed by atoms with Crippen LogP contribution in [0.2, 0.25) is 0 Å². The average Bonchev–Trinajstić information content (AvgIpc) is 2.67. The van der Waals surface area contributed by atoms with E-state index in [1.165, 1.54) is 50.5 Å². The van der Waals surface area contributed by atoms with Crippen LogP contribution in [0.15, 0.2) is 0 Å². The molecule has 0 saturated carbocycles. The van der Waals surface area contributed by atoms with Gasteiger partial charge in [-0.05, 0) is 32.6 Å². The van der Waals surface area contributed by atoms with Crippen molar-refractivity contribution in [1.29, 1.82) is 0 Å². The number of rotatable bonds is 7. The number of aryl methyl sites for hydroxylation is 1. The quantitative estimate of drug-likeness (QED) is 0.691.